The molecular formula is C13H18N4O. The Morgan fingerprint density at radius 3 is 2.94 bits per heavy atom. The summed E-state index contributed by atoms with van der Waals surface area (Å²) in [6.07, 6.45) is 7.27. The van der Waals surface area contributed by atoms with E-state index >= 15 is 0 Å². The van der Waals surface area contributed by atoms with E-state index in [1.807, 2.05) is 23.0 Å². The van der Waals surface area contributed by atoms with Gasteiger partial charge >= 0.3 is 0 Å². The number of anilines is 1. The van der Waals surface area contributed by atoms with E-state index in [0.717, 1.165) is 36.5 Å². The van der Waals surface area contributed by atoms with Gasteiger partial charge in [0.15, 0.2) is 5.65 Å². The van der Waals surface area contributed by atoms with Crippen LogP contribution in [0.5, 0.6) is 0 Å². The molecule has 0 saturated carbocycles. The second kappa shape index (κ2) is 4.94. The Morgan fingerprint density at radius 1 is 1.33 bits per heavy atom. The topological polar surface area (TPSA) is 42.7 Å². The maximum Gasteiger partial charge on any atom is 0.160 e. The van der Waals surface area contributed by atoms with Crippen LogP contribution in [0.1, 0.15) is 18.4 Å². The molecule has 0 aromatic carbocycles. The average Bonchev–Trinajstić information content (AvgIpc) is 3.05. The van der Waals surface area contributed by atoms with Crippen LogP contribution in [0.4, 0.5) is 5.82 Å². The number of hydrogen-bond acceptors (Lipinski definition) is 4. The maximum atomic E-state index is 5.12. The van der Waals surface area contributed by atoms with Crippen molar-refractivity contribution in [1.29, 1.82) is 0 Å². The van der Waals surface area contributed by atoms with Gasteiger partial charge in [0.1, 0.15) is 5.82 Å². The van der Waals surface area contributed by atoms with Gasteiger partial charge in [0, 0.05) is 38.4 Å². The van der Waals surface area contributed by atoms with Crippen LogP contribution >= 0.6 is 0 Å². The van der Waals surface area contributed by atoms with E-state index in [2.05, 4.69) is 10.00 Å². The molecule has 5 heteroatoms. The molecule has 3 heterocycles. The highest BCUT2D eigenvalue weighted by Gasteiger charge is 2.15. The van der Waals surface area contributed by atoms with Crippen LogP contribution in [0.25, 0.3) is 5.65 Å². The van der Waals surface area contributed by atoms with E-state index < -0.39 is 0 Å². The van der Waals surface area contributed by atoms with Crippen molar-refractivity contribution in [2.45, 2.75) is 19.3 Å². The van der Waals surface area contributed by atoms with E-state index in [4.69, 9.17) is 9.72 Å². The van der Waals surface area contributed by atoms with E-state index in [-0.39, 0.29) is 0 Å². The molecule has 2 aromatic heterocycles. The molecule has 0 unspecified atom stereocenters. The Morgan fingerprint density at radius 2 is 2.17 bits per heavy atom. The van der Waals surface area contributed by atoms with Gasteiger partial charge in [-0.05, 0) is 18.9 Å². The lowest BCUT2D eigenvalue weighted by molar-refractivity contribution is 0.202. The summed E-state index contributed by atoms with van der Waals surface area (Å²) in [5, 5.41) is 4.32. The summed E-state index contributed by atoms with van der Waals surface area (Å²) in [7, 11) is 1.72. The fourth-order valence-corrected chi connectivity index (χ4v) is 2.42. The highest BCUT2D eigenvalue weighted by Crippen LogP contribution is 2.19. The third-order valence-electron chi connectivity index (χ3n) is 3.43. The van der Waals surface area contributed by atoms with Crippen LogP contribution in [-0.4, -0.2) is 41.4 Å². The zero-order valence-electron chi connectivity index (χ0n) is 10.7. The van der Waals surface area contributed by atoms with E-state index in [0.29, 0.717) is 6.61 Å². The summed E-state index contributed by atoms with van der Waals surface area (Å²) < 4.78 is 6.96. The minimum atomic E-state index is 0.705. The molecule has 1 aliphatic heterocycles. The monoisotopic (exact) mass is 246 g/mol. The molecule has 0 N–H and O–H groups in total. The first-order chi connectivity index (χ1) is 8.88. The summed E-state index contributed by atoms with van der Waals surface area (Å²) in [6.45, 7) is 2.94. The molecule has 5 nitrogen and oxygen atoms in total. The lowest BCUT2D eigenvalue weighted by atomic mass is 10.2. The number of aromatic nitrogens is 3. The Hall–Kier alpha value is -1.62. The fraction of sp³-hybridized carbons (Fsp3) is 0.538. The van der Waals surface area contributed by atoms with Crippen molar-refractivity contribution in [3.63, 3.8) is 0 Å². The van der Waals surface area contributed by atoms with Gasteiger partial charge in [-0.1, -0.05) is 0 Å². The van der Waals surface area contributed by atoms with Crippen molar-refractivity contribution in [2.75, 3.05) is 31.7 Å². The lowest BCUT2D eigenvalue weighted by Crippen LogP contribution is -2.19. The van der Waals surface area contributed by atoms with Crippen LogP contribution < -0.4 is 4.90 Å². The molecule has 18 heavy (non-hydrogen) atoms. The summed E-state index contributed by atoms with van der Waals surface area (Å²) in [5.41, 5.74) is 2.11. The smallest absolute Gasteiger partial charge is 0.160 e. The van der Waals surface area contributed by atoms with Gasteiger partial charge < -0.3 is 9.64 Å². The average molecular weight is 246 g/mol. The number of ether oxygens (including phenoxy) is 1. The van der Waals surface area contributed by atoms with Crippen molar-refractivity contribution >= 4 is 11.5 Å². The Kier molecular flexibility index (Phi) is 3.15. The first kappa shape index (κ1) is 11.5. The van der Waals surface area contributed by atoms with Crippen LogP contribution in [0.15, 0.2) is 18.5 Å². The van der Waals surface area contributed by atoms with Crippen LogP contribution in [-0.2, 0) is 11.2 Å². The number of methoxy groups -OCH3 is 1. The normalized spacial score (nSPS) is 15.7. The molecule has 1 saturated heterocycles. The van der Waals surface area contributed by atoms with Crippen LogP contribution in [0, 0.1) is 0 Å². The zero-order valence-corrected chi connectivity index (χ0v) is 10.7. The molecule has 0 amide bonds. The van der Waals surface area contributed by atoms with E-state index in [1.54, 1.807) is 7.11 Å². The minimum absolute atomic E-state index is 0.705. The van der Waals surface area contributed by atoms with Crippen molar-refractivity contribution < 1.29 is 4.74 Å². The zero-order chi connectivity index (χ0) is 12.4. The molecule has 0 spiro atoms. The second-order valence-corrected chi connectivity index (χ2v) is 4.66. The SMILES string of the molecule is COCCc1cnn2ccc(N3CCCC3)nc12. The largest absolute Gasteiger partial charge is 0.384 e. The molecule has 0 bridgehead atoms. The Balaban J connectivity index is 1.93. The molecule has 1 fully saturated rings. The van der Waals surface area contributed by atoms with E-state index in [1.165, 1.54) is 12.8 Å². The molecule has 1 aliphatic rings. The maximum absolute atomic E-state index is 5.12. The fourth-order valence-electron chi connectivity index (χ4n) is 2.42. The minimum Gasteiger partial charge on any atom is -0.384 e. The second-order valence-electron chi connectivity index (χ2n) is 4.66. The van der Waals surface area contributed by atoms with Gasteiger partial charge in [-0.25, -0.2) is 9.50 Å². The predicted molar refractivity (Wildman–Crippen MR) is 70.0 cm³/mol. The van der Waals surface area contributed by atoms with Crippen molar-refractivity contribution in [3.8, 4) is 0 Å². The Labute approximate surface area is 106 Å². The molecular weight excluding hydrogens is 228 g/mol. The first-order valence-electron chi connectivity index (χ1n) is 6.45. The van der Waals surface area contributed by atoms with Gasteiger partial charge in [-0.15, -0.1) is 0 Å². The third kappa shape index (κ3) is 2.06. The quantitative estimate of drug-likeness (QED) is 0.820. The number of nitrogens with zero attached hydrogens (tertiary/aromatic N) is 4. The van der Waals surface area contributed by atoms with Gasteiger partial charge in [-0.3, -0.25) is 0 Å². The Bertz CT molecular complexity index is 531. The lowest BCUT2D eigenvalue weighted by Gasteiger charge is -2.16. The molecule has 0 radical (unpaired) electrons. The molecule has 0 aliphatic carbocycles. The standard InChI is InChI=1S/C13H18N4O/c1-18-9-5-11-10-14-17-8-4-12(15-13(11)17)16-6-2-3-7-16/h4,8,10H,2-3,5-7,9H2,1H3. The van der Waals surface area contributed by atoms with Crippen molar-refractivity contribution in [3.05, 3.63) is 24.0 Å². The van der Waals surface area contributed by atoms with Gasteiger partial charge in [-0.2, -0.15) is 5.10 Å². The molecule has 3 rings (SSSR count). The highest BCUT2D eigenvalue weighted by atomic mass is 16.5. The van der Waals surface area contributed by atoms with Gasteiger partial charge in [0.2, 0.25) is 0 Å². The summed E-state index contributed by atoms with van der Waals surface area (Å²) >= 11 is 0. The van der Waals surface area contributed by atoms with Crippen LogP contribution in [0.3, 0.4) is 0 Å². The van der Waals surface area contributed by atoms with E-state index in [9.17, 15) is 0 Å². The van der Waals surface area contributed by atoms with Gasteiger partial charge in [0.05, 0.1) is 12.8 Å². The van der Waals surface area contributed by atoms with Gasteiger partial charge in [0.25, 0.3) is 0 Å². The predicted octanol–water partition coefficient (Wildman–Crippen LogP) is 1.52. The summed E-state index contributed by atoms with van der Waals surface area (Å²) in [6, 6.07) is 2.05. The van der Waals surface area contributed by atoms with Crippen molar-refractivity contribution in [1.82, 2.24) is 14.6 Å². The van der Waals surface area contributed by atoms with Crippen molar-refractivity contribution in [2.24, 2.45) is 0 Å². The number of rotatable bonds is 4. The summed E-state index contributed by atoms with van der Waals surface area (Å²) in [4.78, 5) is 7.08. The summed E-state index contributed by atoms with van der Waals surface area (Å²) in [5.74, 6) is 1.07. The molecule has 2 aromatic rings. The van der Waals surface area contributed by atoms with Crippen LogP contribution in [0.2, 0.25) is 0 Å². The number of fused-ring (bicyclic) bond motifs is 1. The molecule has 0 atom stereocenters. The first-order valence-corrected chi connectivity index (χ1v) is 6.45. The third-order valence-corrected chi connectivity index (χ3v) is 3.43. The number of hydrogen-bond donors (Lipinski definition) is 0. The highest BCUT2D eigenvalue weighted by molar-refractivity contribution is 5.53. The molecule has 96 valence electrons.